The van der Waals surface area contributed by atoms with Crippen LogP contribution in [-0.4, -0.2) is 22.4 Å². The first-order chi connectivity index (χ1) is 14.6. The first kappa shape index (κ1) is 23.0. The Morgan fingerprint density at radius 2 is 1.84 bits per heavy atom. The van der Waals surface area contributed by atoms with Gasteiger partial charge >= 0.3 is 6.36 Å². The monoisotopic (exact) mass is 470 g/mol. The number of halogens is 5. The molecule has 31 heavy (non-hydrogen) atoms. The number of rotatable bonds is 7. The van der Waals surface area contributed by atoms with Crippen LogP contribution in [0.25, 0.3) is 11.3 Å². The Labute approximate surface area is 187 Å². The lowest BCUT2D eigenvalue weighted by molar-refractivity contribution is -0.274. The van der Waals surface area contributed by atoms with Crippen LogP contribution in [0.5, 0.6) is 5.75 Å². The zero-order valence-corrected chi connectivity index (χ0v) is 18.1. The van der Waals surface area contributed by atoms with E-state index in [0.29, 0.717) is 38.8 Å². The van der Waals surface area contributed by atoms with Crippen LogP contribution in [0.1, 0.15) is 20.3 Å². The molecule has 2 N–H and O–H groups in total. The molecule has 0 amide bonds. The lowest BCUT2D eigenvalue weighted by Crippen LogP contribution is -2.17. The molecule has 1 heterocycles. The van der Waals surface area contributed by atoms with Crippen molar-refractivity contribution in [2.24, 2.45) is 0 Å². The van der Waals surface area contributed by atoms with Crippen LogP contribution in [0.2, 0.25) is 10.0 Å². The van der Waals surface area contributed by atoms with Crippen molar-refractivity contribution < 1.29 is 17.9 Å². The Kier molecular flexibility index (Phi) is 7.12. The highest BCUT2D eigenvalue weighted by Crippen LogP contribution is 2.31. The van der Waals surface area contributed by atoms with Crippen LogP contribution in [0.4, 0.5) is 30.6 Å². The van der Waals surface area contributed by atoms with Crippen molar-refractivity contribution in [1.82, 2.24) is 9.97 Å². The fraction of sp³-hybridized carbons (Fsp3) is 0.238. The first-order valence-corrected chi connectivity index (χ1v) is 10.1. The number of nitrogens with one attached hydrogen (secondary N) is 2. The molecule has 3 rings (SSSR count). The summed E-state index contributed by atoms with van der Waals surface area (Å²) in [4.78, 5) is 8.90. The molecule has 0 radical (unpaired) electrons. The molecule has 0 bridgehead atoms. The third-order valence-electron chi connectivity index (χ3n) is 4.27. The number of hydrogen-bond acceptors (Lipinski definition) is 5. The predicted octanol–water partition coefficient (Wildman–Crippen LogP) is 7.30. The van der Waals surface area contributed by atoms with Gasteiger partial charge in [-0.2, -0.15) is 4.98 Å². The molecule has 0 fully saturated rings. The Balaban J connectivity index is 2.01. The van der Waals surface area contributed by atoms with Crippen LogP contribution in [0, 0.1) is 0 Å². The normalized spacial score (nSPS) is 12.4. The minimum Gasteiger partial charge on any atom is -0.406 e. The number of benzene rings is 2. The molecule has 1 atom stereocenters. The highest BCUT2D eigenvalue weighted by molar-refractivity contribution is 6.35. The van der Waals surface area contributed by atoms with Crippen molar-refractivity contribution in [1.29, 1.82) is 0 Å². The van der Waals surface area contributed by atoms with E-state index >= 15 is 0 Å². The molecular formula is C21H19Cl2F3N4O. The highest BCUT2D eigenvalue weighted by atomic mass is 35.5. The van der Waals surface area contributed by atoms with Crippen LogP contribution in [-0.2, 0) is 0 Å². The summed E-state index contributed by atoms with van der Waals surface area (Å²) in [5.41, 5.74) is 1.35. The number of nitrogens with zero attached hydrogens (tertiary/aromatic N) is 2. The number of hydrogen-bond donors (Lipinski definition) is 2. The second-order valence-corrected chi connectivity index (χ2v) is 7.58. The summed E-state index contributed by atoms with van der Waals surface area (Å²) in [6, 6.07) is 12.2. The summed E-state index contributed by atoms with van der Waals surface area (Å²) in [6.07, 6.45) is -3.96. The Hall–Kier alpha value is -2.71. The Bertz CT molecular complexity index is 1060. The Morgan fingerprint density at radius 1 is 1.06 bits per heavy atom. The second-order valence-electron chi connectivity index (χ2n) is 6.74. The van der Waals surface area contributed by atoms with Gasteiger partial charge in [-0.25, -0.2) is 4.98 Å². The van der Waals surface area contributed by atoms with E-state index in [1.165, 1.54) is 18.2 Å². The zero-order chi connectivity index (χ0) is 22.6. The summed E-state index contributed by atoms with van der Waals surface area (Å²) in [7, 11) is 0. The smallest absolute Gasteiger partial charge is 0.406 e. The molecule has 5 nitrogen and oxygen atoms in total. The van der Waals surface area contributed by atoms with Crippen molar-refractivity contribution in [2.75, 3.05) is 10.6 Å². The average molecular weight is 471 g/mol. The van der Waals surface area contributed by atoms with Crippen LogP contribution in [0.15, 0.2) is 48.5 Å². The van der Waals surface area contributed by atoms with Gasteiger partial charge in [0.15, 0.2) is 0 Å². The summed E-state index contributed by atoms with van der Waals surface area (Å²) < 4.78 is 41.8. The number of anilines is 3. The maximum atomic E-state index is 12.6. The Morgan fingerprint density at radius 3 is 2.55 bits per heavy atom. The maximum Gasteiger partial charge on any atom is 0.573 e. The fourth-order valence-corrected chi connectivity index (χ4v) is 2.97. The van der Waals surface area contributed by atoms with Gasteiger partial charge < -0.3 is 15.4 Å². The summed E-state index contributed by atoms with van der Waals surface area (Å²) in [6.45, 7) is 3.97. The fourth-order valence-electron chi connectivity index (χ4n) is 2.63. The van der Waals surface area contributed by atoms with Gasteiger partial charge in [-0.05, 0) is 43.7 Å². The predicted molar refractivity (Wildman–Crippen MR) is 117 cm³/mol. The molecule has 0 saturated heterocycles. The molecule has 0 spiro atoms. The van der Waals surface area contributed by atoms with Gasteiger partial charge in [0.2, 0.25) is 5.95 Å². The quantitative estimate of drug-likeness (QED) is 0.379. The molecule has 1 aromatic heterocycles. The molecule has 3 aromatic rings. The minimum atomic E-state index is -4.79. The van der Waals surface area contributed by atoms with E-state index in [-0.39, 0.29) is 11.8 Å². The topological polar surface area (TPSA) is 59.1 Å². The summed E-state index contributed by atoms with van der Waals surface area (Å²) in [5, 5.41) is 7.18. The number of alkyl halides is 3. The lowest BCUT2D eigenvalue weighted by Gasteiger charge is -2.16. The molecule has 164 valence electrons. The average Bonchev–Trinajstić information content (AvgIpc) is 2.69. The van der Waals surface area contributed by atoms with Gasteiger partial charge in [-0.3, -0.25) is 0 Å². The van der Waals surface area contributed by atoms with Crippen LogP contribution < -0.4 is 15.4 Å². The molecule has 2 aromatic carbocycles. The molecule has 0 aliphatic carbocycles. The van der Waals surface area contributed by atoms with Gasteiger partial charge in [0.05, 0.1) is 16.4 Å². The number of aromatic nitrogens is 2. The van der Waals surface area contributed by atoms with E-state index in [0.717, 1.165) is 6.42 Å². The molecule has 0 unspecified atom stereocenters. The van der Waals surface area contributed by atoms with Gasteiger partial charge in [0.1, 0.15) is 11.6 Å². The third-order valence-corrected chi connectivity index (χ3v) is 4.83. The zero-order valence-electron chi connectivity index (χ0n) is 16.6. The molecular weight excluding hydrogens is 452 g/mol. The SMILES string of the molecule is CC[C@@H](C)Nc1nc(Nc2cc(Cl)ccc2Cl)cc(-c2cccc(OC(F)(F)F)c2)n1. The van der Waals surface area contributed by atoms with E-state index in [4.69, 9.17) is 23.2 Å². The summed E-state index contributed by atoms with van der Waals surface area (Å²) >= 11 is 12.3. The van der Waals surface area contributed by atoms with E-state index in [1.54, 1.807) is 30.3 Å². The van der Waals surface area contributed by atoms with Gasteiger partial charge in [0.25, 0.3) is 0 Å². The maximum absolute atomic E-state index is 12.6. The van der Waals surface area contributed by atoms with Gasteiger partial charge in [0, 0.05) is 22.7 Å². The van der Waals surface area contributed by atoms with Crippen LogP contribution >= 0.6 is 23.2 Å². The standard InChI is InChI=1S/C21H19Cl2F3N4O/c1-3-12(2)27-20-29-17(13-5-4-6-15(9-13)31-21(24,25)26)11-19(30-20)28-18-10-14(22)7-8-16(18)23/h4-12H,3H2,1-2H3,(H2,27,28,29,30)/t12-/m1/s1. The van der Waals surface area contributed by atoms with Crippen molar-refractivity contribution in [3.8, 4) is 17.0 Å². The largest absolute Gasteiger partial charge is 0.573 e. The van der Waals surface area contributed by atoms with E-state index in [9.17, 15) is 13.2 Å². The van der Waals surface area contributed by atoms with Gasteiger partial charge in [-0.1, -0.05) is 42.3 Å². The molecule has 0 aliphatic heterocycles. The third kappa shape index (κ3) is 6.63. The first-order valence-electron chi connectivity index (χ1n) is 9.37. The van der Waals surface area contributed by atoms with E-state index in [2.05, 4.69) is 25.3 Å². The van der Waals surface area contributed by atoms with E-state index < -0.39 is 6.36 Å². The number of ether oxygens (including phenoxy) is 1. The minimum absolute atomic E-state index is 0.0813. The van der Waals surface area contributed by atoms with Crippen molar-refractivity contribution in [3.05, 3.63) is 58.6 Å². The lowest BCUT2D eigenvalue weighted by atomic mass is 10.1. The van der Waals surface area contributed by atoms with E-state index in [1.807, 2.05) is 13.8 Å². The van der Waals surface area contributed by atoms with Crippen molar-refractivity contribution in [2.45, 2.75) is 32.7 Å². The molecule has 0 saturated carbocycles. The molecule has 0 aliphatic rings. The van der Waals surface area contributed by atoms with Crippen molar-refractivity contribution >= 4 is 40.7 Å². The van der Waals surface area contributed by atoms with Crippen LogP contribution in [0.3, 0.4) is 0 Å². The second kappa shape index (κ2) is 9.62. The van der Waals surface area contributed by atoms with Crippen molar-refractivity contribution in [3.63, 3.8) is 0 Å². The highest BCUT2D eigenvalue weighted by Gasteiger charge is 2.31. The van der Waals surface area contributed by atoms with Gasteiger partial charge in [-0.15, -0.1) is 13.2 Å². The molecule has 10 heteroatoms. The summed E-state index contributed by atoms with van der Waals surface area (Å²) in [5.74, 6) is 0.365.